The maximum absolute atomic E-state index is 12.7. The summed E-state index contributed by atoms with van der Waals surface area (Å²) in [5, 5.41) is 9.97. The second-order valence-corrected chi connectivity index (χ2v) is 5.80. The van der Waals surface area contributed by atoms with Crippen molar-refractivity contribution >= 4 is 11.8 Å². The predicted octanol–water partition coefficient (Wildman–Crippen LogP) is 1.42. The molecule has 0 radical (unpaired) electrons. The number of nitrogens with zero attached hydrogens (tertiary/aromatic N) is 4. The molecule has 2 amide bonds. The molecule has 8 heteroatoms. The molecular formula is C16H19N5O3. The third kappa shape index (κ3) is 2.75. The molecule has 126 valence electrons. The second kappa shape index (κ2) is 6.38. The first-order chi connectivity index (χ1) is 11.5. The zero-order valence-electron chi connectivity index (χ0n) is 13.9. The minimum atomic E-state index is -0.203. The molecule has 0 aromatic carbocycles. The molecule has 3 heterocycles. The summed E-state index contributed by atoms with van der Waals surface area (Å²) in [4.78, 5) is 30.8. The average Bonchev–Trinajstić information content (AvgIpc) is 3.22. The maximum Gasteiger partial charge on any atom is 0.278 e. The van der Waals surface area contributed by atoms with Crippen molar-refractivity contribution in [2.75, 3.05) is 13.6 Å². The zero-order valence-corrected chi connectivity index (χ0v) is 13.9. The maximum atomic E-state index is 12.7. The summed E-state index contributed by atoms with van der Waals surface area (Å²) in [6.07, 6.45) is 1.71. The first-order valence-corrected chi connectivity index (χ1v) is 7.82. The van der Waals surface area contributed by atoms with Crippen molar-refractivity contribution in [1.29, 1.82) is 0 Å². The lowest BCUT2D eigenvalue weighted by Gasteiger charge is -2.24. The Hall–Kier alpha value is -2.77. The Morgan fingerprint density at radius 2 is 2.04 bits per heavy atom. The van der Waals surface area contributed by atoms with Gasteiger partial charge in [-0.05, 0) is 44.0 Å². The standard InChI is InChI=1S/C16H19N5O3/c1-9-11(15(22)17-3)6-7-12(18-9)13-5-4-8-21(13)16(23)14-10(2)19-24-20-14/h6-7,13H,4-5,8H2,1-3H3,(H,17,22)/t13-/m0/s1. The van der Waals surface area contributed by atoms with Gasteiger partial charge in [-0.1, -0.05) is 5.16 Å². The van der Waals surface area contributed by atoms with Crippen LogP contribution in [0.15, 0.2) is 16.8 Å². The molecule has 0 spiro atoms. The van der Waals surface area contributed by atoms with Gasteiger partial charge in [0.05, 0.1) is 23.0 Å². The first-order valence-electron chi connectivity index (χ1n) is 7.82. The smallest absolute Gasteiger partial charge is 0.278 e. The van der Waals surface area contributed by atoms with Crippen LogP contribution in [0.4, 0.5) is 0 Å². The number of carbonyl (C=O) groups is 2. The summed E-state index contributed by atoms with van der Waals surface area (Å²) in [5.74, 6) is -0.374. The predicted molar refractivity (Wildman–Crippen MR) is 84.4 cm³/mol. The fraction of sp³-hybridized carbons (Fsp3) is 0.438. The van der Waals surface area contributed by atoms with Gasteiger partial charge in [-0.2, -0.15) is 0 Å². The Morgan fingerprint density at radius 3 is 2.67 bits per heavy atom. The van der Waals surface area contributed by atoms with Gasteiger partial charge >= 0.3 is 0 Å². The van der Waals surface area contributed by atoms with Gasteiger partial charge in [0.15, 0.2) is 5.69 Å². The van der Waals surface area contributed by atoms with E-state index in [-0.39, 0.29) is 23.6 Å². The minimum Gasteiger partial charge on any atom is -0.355 e. The third-order valence-corrected chi connectivity index (χ3v) is 4.29. The highest BCUT2D eigenvalue weighted by atomic mass is 16.6. The normalized spacial score (nSPS) is 17.1. The fourth-order valence-corrected chi connectivity index (χ4v) is 3.02. The van der Waals surface area contributed by atoms with E-state index in [1.54, 1.807) is 31.9 Å². The highest BCUT2D eigenvalue weighted by Gasteiger charge is 2.34. The van der Waals surface area contributed by atoms with Crippen molar-refractivity contribution in [3.05, 3.63) is 40.5 Å². The summed E-state index contributed by atoms with van der Waals surface area (Å²) in [5.41, 5.74) is 2.67. The van der Waals surface area contributed by atoms with Crippen molar-refractivity contribution in [3.8, 4) is 0 Å². The van der Waals surface area contributed by atoms with E-state index < -0.39 is 0 Å². The molecule has 1 N–H and O–H groups in total. The Bertz CT molecular complexity index is 786. The van der Waals surface area contributed by atoms with E-state index in [0.29, 0.717) is 23.5 Å². The molecule has 1 saturated heterocycles. The summed E-state index contributed by atoms with van der Waals surface area (Å²) >= 11 is 0. The number of hydrogen-bond acceptors (Lipinski definition) is 6. The van der Waals surface area contributed by atoms with E-state index in [2.05, 4.69) is 25.2 Å². The number of hydrogen-bond donors (Lipinski definition) is 1. The lowest BCUT2D eigenvalue weighted by atomic mass is 10.1. The van der Waals surface area contributed by atoms with Crippen LogP contribution in [0, 0.1) is 13.8 Å². The van der Waals surface area contributed by atoms with Crippen molar-refractivity contribution in [2.45, 2.75) is 32.7 Å². The van der Waals surface area contributed by atoms with Gasteiger partial charge in [0.2, 0.25) is 0 Å². The van der Waals surface area contributed by atoms with E-state index in [4.69, 9.17) is 0 Å². The highest BCUT2D eigenvalue weighted by Crippen LogP contribution is 2.32. The number of rotatable bonds is 3. The molecule has 8 nitrogen and oxygen atoms in total. The largest absolute Gasteiger partial charge is 0.355 e. The van der Waals surface area contributed by atoms with Gasteiger partial charge in [-0.25, -0.2) is 4.63 Å². The van der Waals surface area contributed by atoms with Crippen molar-refractivity contribution in [1.82, 2.24) is 25.5 Å². The molecule has 2 aromatic rings. The SMILES string of the molecule is CNC(=O)c1ccc([C@@H]2CCCN2C(=O)c2nonc2C)nc1C. The molecule has 1 aliphatic heterocycles. The lowest BCUT2D eigenvalue weighted by molar-refractivity contribution is 0.0720. The number of nitrogens with one attached hydrogen (secondary N) is 1. The Labute approximate surface area is 139 Å². The summed E-state index contributed by atoms with van der Waals surface area (Å²) < 4.78 is 4.63. The van der Waals surface area contributed by atoms with Crippen LogP contribution in [0.25, 0.3) is 0 Å². The molecule has 0 saturated carbocycles. The number of aryl methyl sites for hydroxylation is 2. The van der Waals surface area contributed by atoms with Crippen LogP contribution in [-0.4, -0.2) is 45.6 Å². The minimum absolute atomic E-state index is 0.133. The topological polar surface area (TPSA) is 101 Å². The van der Waals surface area contributed by atoms with Crippen molar-refractivity contribution in [2.24, 2.45) is 0 Å². The summed E-state index contributed by atoms with van der Waals surface area (Å²) in [6.45, 7) is 4.12. The average molecular weight is 329 g/mol. The van der Waals surface area contributed by atoms with Crippen LogP contribution in [0.1, 0.15) is 56.8 Å². The van der Waals surface area contributed by atoms with Gasteiger partial charge < -0.3 is 10.2 Å². The van der Waals surface area contributed by atoms with Gasteiger partial charge in [0.25, 0.3) is 11.8 Å². The number of pyridine rings is 1. The summed E-state index contributed by atoms with van der Waals surface area (Å²) in [7, 11) is 1.58. The van der Waals surface area contributed by atoms with E-state index in [0.717, 1.165) is 18.5 Å². The lowest BCUT2D eigenvalue weighted by Crippen LogP contribution is -2.32. The first kappa shape index (κ1) is 16.1. The van der Waals surface area contributed by atoms with E-state index in [1.807, 2.05) is 6.07 Å². The van der Waals surface area contributed by atoms with Gasteiger partial charge in [-0.3, -0.25) is 14.6 Å². The molecule has 1 atom stereocenters. The third-order valence-electron chi connectivity index (χ3n) is 4.29. The van der Waals surface area contributed by atoms with Gasteiger partial charge in [0.1, 0.15) is 5.69 Å². The van der Waals surface area contributed by atoms with Gasteiger partial charge in [0, 0.05) is 13.6 Å². The van der Waals surface area contributed by atoms with Crippen LogP contribution < -0.4 is 5.32 Å². The highest BCUT2D eigenvalue weighted by molar-refractivity contribution is 5.95. The molecule has 1 fully saturated rings. The monoisotopic (exact) mass is 329 g/mol. The van der Waals surface area contributed by atoms with Crippen LogP contribution in [0.2, 0.25) is 0 Å². The quantitative estimate of drug-likeness (QED) is 0.914. The zero-order chi connectivity index (χ0) is 17.3. The van der Waals surface area contributed by atoms with Crippen LogP contribution in [-0.2, 0) is 0 Å². The molecule has 24 heavy (non-hydrogen) atoms. The number of carbonyl (C=O) groups excluding carboxylic acids is 2. The molecular weight excluding hydrogens is 310 g/mol. The Morgan fingerprint density at radius 1 is 1.25 bits per heavy atom. The second-order valence-electron chi connectivity index (χ2n) is 5.80. The fourth-order valence-electron chi connectivity index (χ4n) is 3.02. The number of amides is 2. The molecule has 0 aliphatic carbocycles. The van der Waals surface area contributed by atoms with E-state index >= 15 is 0 Å². The summed E-state index contributed by atoms with van der Waals surface area (Å²) in [6, 6.07) is 3.42. The molecule has 3 rings (SSSR count). The van der Waals surface area contributed by atoms with Crippen molar-refractivity contribution in [3.63, 3.8) is 0 Å². The molecule has 2 aromatic heterocycles. The van der Waals surface area contributed by atoms with E-state index in [9.17, 15) is 9.59 Å². The Kier molecular flexibility index (Phi) is 4.28. The van der Waals surface area contributed by atoms with Gasteiger partial charge in [-0.15, -0.1) is 0 Å². The molecule has 0 unspecified atom stereocenters. The van der Waals surface area contributed by atoms with Crippen LogP contribution in [0.5, 0.6) is 0 Å². The number of likely N-dealkylation sites (tertiary alicyclic amines) is 1. The van der Waals surface area contributed by atoms with E-state index in [1.165, 1.54) is 0 Å². The number of aromatic nitrogens is 3. The Balaban J connectivity index is 1.88. The molecule has 0 bridgehead atoms. The molecule has 1 aliphatic rings. The van der Waals surface area contributed by atoms with Crippen molar-refractivity contribution < 1.29 is 14.2 Å². The van der Waals surface area contributed by atoms with Crippen LogP contribution >= 0.6 is 0 Å². The van der Waals surface area contributed by atoms with Crippen LogP contribution in [0.3, 0.4) is 0 Å².